The Balaban J connectivity index is 2.43. The fraction of sp³-hybridized carbons (Fsp3) is 0.375. The van der Waals surface area contributed by atoms with Gasteiger partial charge in [0.15, 0.2) is 5.75 Å². The molecule has 0 spiro atoms. The molecule has 0 bridgehead atoms. The predicted molar refractivity (Wildman–Crippen MR) is 81.8 cm³/mol. The predicted octanol–water partition coefficient (Wildman–Crippen LogP) is 2.19. The van der Waals surface area contributed by atoms with Crippen molar-refractivity contribution in [3.05, 3.63) is 23.8 Å². The van der Waals surface area contributed by atoms with Crippen molar-refractivity contribution in [1.82, 2.24) is 0 Å². The average molecular weight is 289 g/mol. The summed E-state index contributed by atoms with van der Waals surface area (Å²) in [7, 11) is 4.92. The number of benzene rings is 2. The van der Waals surface area contributed by atoms with Crippen LogP contribution in [-0.2, 0) is 6.42 Å². The van der Waals surface area contributed by atoms with E-state index in [-0.39, 0.29) is 0 Å². The van der Waals surface area contributed by atoms with Crippen molar-refractivity contribution < 1.29 is 19.3 Å². The highest BCUT2D eigenvalue weighted by Crippen LogP contribution is 2.49. The van der Waals surface area contributed by atoms with Crippen LogP contribution in [0.1, 0.15) is 5.56 Å². The molecule has 1 aliphatic heterocycles. The zero-order valence-corrected chi connectivity index (χ0v) is 12.4. The van der Waals surface area contributed by atoms with Gasteiger partial charge in [-0.15, -0.1) is 0 Å². The second kappa shape index (κ2) is 5.33. The highest BCUT2D eigenvalue weighted by atomic mass is 16.5. The number of β-amino-alcohol motifs (C(OH)–C–C–N with tert-alkyl or cyclic N) is 1. The normalized spacial score (nSPS) is 17.0. The number of fused-ring (bicyclic) bond motifs is 2. The van der Waals surface area contributed by atoms with Gasteiger partial charge >= 0.3 is 0 Å². The van der Waals surface area contributed by atoms with E-state index in [9.17, 15) is 5.11 Å². The summed E-state index contributed by atoms with van der Waals surface area (Å²) in [6, 6.07) is 5.79. The van der Waals surface area contributed by atoms with Gasteiger partial charge in [-0.05, 0) is 6.07 Å². The molecule has 112 valence electrons. The van der Waals surface area contributed by atoms with Crippen LogP contribution in [0.2, 0.25) is 0 Å². The first-order valence-corrected chi connectivity index (χ1v) is 6.86. The topological polar surface area (TPSA) is 60.0 Å². The van der Waals surface area contributed by atoms with E-state index in [4.69, 9.17) is 14.2 Å². The Bertz CT molecular complexity index is 684. The molecule has 0 saturated carbocycles. The standard InChI is InChI=1S/C16H19NO4/c1-19-12-6-4-5-10-13(12)16(21-3)14-11(15(10)20-2)7-9(18)8-17-14/h4-6,9,17-18H,7-8H2,1-3H3. The molecule has 1 aliphatic rings. The van der Waals surface area contributed by atoms with Gasteiger partial charge in [0.05, 0.1) is 38.5 Å². The fourth-order valence-electron chi connectivity index (χ4n) is 3.01. The molecule has 5 nitrogen and oxygen atoms in total. The van der Waals surface area contributed by atoms with E-state index in [1.54, 1.807) is 21.3 Å². The molecule has 1 unspecified atom stereocenters. The van der Waals surface area contributed by atoms with Crippen molar-refractivity contribution >= 4 is 16.5 Å². The first-order valence-electron chi connectivity index (χ1n) is 6.86. The molecule has 2 aromatic rings. The van der Waals surface area contributed by atoms with Crippen LogP contribution in [0.3, 0.4) is 0 Å². The van der Waals surface area contributed by atoms with E-state index in [0.29, 0.717) is 13.0 Å². The summed E-state index contributed by atoms with van der Waals surface area (Å²) in [5, 5.41) is 15.0. The number of methoxy groups -OCH3 is 3. The van der Waals surface area contributed by atoms with Crippen molar-refractivity contribution in [2.75, 3.05) is 33.2 Å². The summed E-state index contributed by atoms with van der Waals surface area (Å²) in [5.41, 5.74) is 1.81. The zero-order valence-electron chi connectivity index (χ0n) is 12.4. The number of hydrogen-bond acceptors (Lipinski definition) is 5. The molecule has 0 saturated heterocycles. The zero-order chi connectivity index (χ0) is 15.0. The summed E-state index contributed by atoms with van der Waals surface area (Å²) in [6.07, 6.45) is 0.105. The Morgan fingerprint density at radius 2 is 1.86 bits per heavy atom. The number of anilines is 1. The Labute approximate surface area is 123 Å². The van der Waals surface area contributed by atoms with Gasteiger partial charge < -0.3 is 24.6 Å². The summed E-state index contributed by atoms with van der Waals surface area (Å²) in [4.78, 5) is 0. The van der Waals surface area contributed by atoms with Gasteiger partial charge in [-0.2, -0.15) is 0 Å². The Morgan fingerprint density at radius 3 is 2.52 bits per heavy atom. The van der Waals surface area contributed by atoms with Crippen LogP contribution >= 0.6 is 0 Å². The van der Waals surface area contributed by atoms with Gasteiger partial charge in [-0.3, -0.25) is 0 Å². The fourth-order valence-corrected chi connectivity index (χ4v) is 3.01. The summed E-state index contributed by atoms with van der Waals surface area (Å²) in [6.45, 7) is 0.493. The Hall–Kier alpha value is -2.14. The maximum Gasteiger partial charge on any atom is 0.154 e. The maximum atomic E-state index is 9.93. The van der Waals surface area contributed by atoms with Crippen molar-refractivity contribution in [2.45, 2.75) is 12.5 Å². The molecule has 0 aromatic heterocycles. The monoisotopic (exact) mass is 289 g/mol. The Kier molecular flexibility index (Phi) is 3.51. The van der Waals surface area contributed by atoms with Crippen LogP contribution in [0.15, 0.2) is 18.2 Å². The molecule has 3 rings (SSSR count). The second-order valence-corrected chi connectivity index (χ2v) is 5.04. The number of ether oxygens (including phenoxy) is 3. The van der Waals surface area contributed by atoms with Crippen LogP contribution < -0.4 is 19.5 Å². The molecule has 5 heteroatoms. The molecular formula is C16H19NO4. The van der Waals surface area contributed by atoms with Crippen LogP contribution in [0.25, 0.3) is 10.8 Å². The third-order valence-electron chi connectivity index (χ3n) is 3.88. The minimum Gasteiger partial charge on any atom is -0.496 e. The lowest BCUT2D eigenvalue weighted by Crippen LogP contribution is -2.28. The van der Waals surface area contributed by atoms with E-state index < -0.39 is 6.10 Å². The molecule has 2 N–H and O–H groups in total. The number of nitrogens with one attached hydrogen (secondary N) is 1. The van der Waals surface area contributed by atoms with Crippen LogP contribution in [0.5, 0.6) is 17.2 Å². The van der Waals surface area contributed by atoms with Crippen molar-refractivity contribution in [3.8, 4) is 17.2 Å². The highest BCUT2D eigenvalue weighted by molar-refractivity contribution is 6.04. The second-order valence-electron chi connectivity index (χ2n) is 5.04. The van der Waals surface area contributed by atoms with Gasteiger partial charge in [0, 0.05) is 23.9 Å². The molecule has 0 fully saturated rings. The van der Waals surface area contributed by atoms with Gasteiger partial charge in [0.2, 0.25) is 0 Å². The first kappa shape index (κ1) is 13.8. The number of aliphatic hydroxyl groups is 1. The molecule has 2 aromatic carbocycles. The van der Waals surface area contributed by atoms with Crippen molar-refractivity contribution in [1.29, 1.82) is 0 Å². The lowest BCUT2D eigenvalue weighted by atomic mass is 9.94. The lowest BCUT2D eigenvalue weighted by Gasteiger charge is -2.28. The third kappa shape index (κ3) is 2.05. The van der Waals surface area contributed by atoms with E-state index >= 15 is 0 Å². The number of hydrogen-bond donors (Lipinski definition) is 2. The largest absolute Gasteiger partial charge is 0.496 e. The number of aliphatic hydroxyl groups excluding tert-OH is 1. The summed E-state index contributed by atoms with van der Waals surface area (Å²) in [5.74, 6) is 2.22. The smallest absolute Gasteiger partial charge is 0.154 e. The molecule has 0 radical (unpaired) electrons. The maximum absolute atomic E-state index is 9.93. The summed E-state index contributed by atoms with van der Waals surface area (Å²) < 4.78 is 16.7. The van der Waals surface area contributed by atoms with E-state index in [1.165, 1.54) is 0 Å². The van der Waals surface area contributed by atoms with E-state index in [2.05, 4.69) is 5.32 Å². The minimum atomic E-state index is -0.431. The van der Waals surface area contributed by atoms with Gasteiger partial charge in [0.25, 0.3) is 0 Å². The van der Waals surface area contributed by atoms with E-state index in [1.807, 2.05) is 18.2 Å². The molecular weight excluding hydrogens is 270 g/mol. The van der Waals surface area contributed by atoms with Crippen LogP contribution in [0.4, 0.5) is 5.69 Å². The molecule has 1 atom stereocenters. The first-order chi connectivity index (χ1) is 10.2. The molecule has 0 aliphatic carbocycles. The van der Waals surface area contributed by atoms with E-state index in [0.717, 1.165) is 39.3 Å². The van der Waals surface area contributed by atoms with Crippen molar-refractivity contribution in [2.24, 2.45) is 0 Å². The highest BCUT2D eigenvalue weighted by Gasteiger charge is 2.27. The van der Waals surface area contributed by atoms with Crippen molar-refractivity contribution in [3.63, 3.8) is 0 Å². The van der Waals surface area contributed by atoms with Gasteiger partial charge in [-0.1, -0.05) is 12.1 Å². The lowest BCUT2D eigenvalue weighted by molar-refractivity contribution is 0.183. The van der Waals surface area contributed by atoms with Gasteiger partial charge in [0.1, 0.15) is 11.5 Å². The Morgan fingerprint density at radius 1 is 1.10 bits per heavy atom. The quantitative estimate of drug-likeness (QED) is 0.907. The molecule has 1 heterocycles. The molecule has 0 amide bonds. The molecule has 21 heavy (non-hydrogen) atoms. The summed E-state index contributed by atoms with van der Waals surface area (Å²) >= 11 is 0. The van der Waals surface area contributed by atoms with Gasteiger partial charge in [-0.25, -0.2) is 0 Å². The van der Waals surface area contributed by atoms with Crippen LogP contribution in [0, 0.1) is 0 Å². The number of rotatable bonds is 3. The third-order valence-corrected chi connectivity index (χ3v) is 3.88. The minimum absolute atomic E-state index is 0.431. The average Bonchev–Trinajstić information content (AvgIpc) is 2.51. The van der Waals surface area contributed by atoms with Crippen LogP contribution in [-0.4, -0.2) is 39.1 Å². The SMILES string of the molecule is COc1c2c(c(OC)c3c(OC)cccc13)NCC(O)C2.